The van der Waals surface area contributed by atoms with E-state index in [4.69, 9.17) is 0 Å². The van der Waals surface area contributed by atoms with Gasteiger partial charge in [0.2, 0.25) is 0 Å². The molecule has 0 spiro atoms. The Kier molecular flexibility index (Phi) is 4.32. The zero-order valence-electron chi connectivity index (χ0n) is 12.2. The van der Waals surface area contributed by atoms with Crippen molar-refractivity contribution < 1.29 is 0 Å². The molecule has 0 aliphatic carbocycles. The average molecular weight is 258 g/mol. The first-order valence-corrected chi connectivity index (χ1v) is 6.82. The second-order valence-corrected chi connectivity index (χ2v) is 4.92. The average Bonchev–Trinajstić information content (AvgIpc) is 2.71. The van der Waals surface area contributed by atoms with Crippen LogP contribution >= 0.6 is 0 Å². The van der Waals surface area contributed by atoms with Crippen LogP contribution in [-0.4, -0.2) is 21.3 Å². The molecule has 102 valence electrons. The Morgan fingerprint density at radius 2 is 2.00 bits per heavy atom. The highest BCUT2D eigenvalue weighted by atomic mass is 15.3. The first-order chi connectivity index (χ1) is 9.11. The van der Waals surface area contributed by atoms with Crippen LogP contribution in [0.3, 0.4) is 0 Å². The normalized spacial score (nSPS) is 10.9. The van der Waals surface area contributed by atoms with Gasteiger partial charge in [-0.1, -0.05) is 19.1 Å². The summed E-state index contributed by atoms with van der Waals surface area (Å²) in [4.78, 5) is 4.37. The van der Waals surface area contributed by atoms with Crippen molar-refractivity contribution >= 4 is 0 Å². The van der Waals surface area contributed by atoms with E-state index in [0.717, 1.165) is 36.8 Å². The summed E-state index contributed by atoms with van der Waals surface area (Å²) < 4.78 is 1.92. The minimum Gasteiger partial charge on any atom is -0.313 e. The second kappa shape index (κ2) is 5.97. The van der Waals surface area contributed by atoms with Crippen molar-refractivity contribution in [1.29, 1.82) is 0 Å². The van der Waals surface area contributed by atoms with Crippen molar-refractivity contribution in [3.05, 3.63) is 41.0 Å². The first kappa shape index (κ1) is 13.7. The molecule has 4 heteroatoms. The molecule has 0 saturated heterocycles. The summed E-state index contributed by atoms with van der Waals surface area (Å²) in [6.45, 7) is 10.1. The second-order valence-electron chi connectivity index (χ2n) is 4.92. The Bertz CT molecular complexity index is 557. The number of nitrogens with zero attached hydrogens (tertiary/aromatic N) is 3. The summed E-state index contributed by atoms with van der Waals surface area (Å²) in [6.07, 6.45) is 1.15. The van der Waals surface area contributed by atoms with E-state index in [2.05, 4.69) is 47.4 Å². The third-order valence-corrected chi connectivity index (χ3v) is 3.13. The lowest BCUT2D eigenvalue weighted by Crippen LogP contribution is -2.14. The molecule has 0 unspecified atom stereocenters. The summed E-state index contributed by atoms with van der Waals surface area (Å²) in [5, 5.41) is 7.89. The Balaban J connectivity index is 2.29. The van der Waals surface area contributed by atoms with Crippen LogP contribution in [0.5, 0.6) is 0 Å². The van der Waals surface area contributed by atoms with Gasteiger partial charge in [-0.15, -0.1) is 0 Å². The van der Waals surface area contributed by atoms with Crippen LogP contribution in [-0.2, 0) is 6.54 Å². The molecule has 4 nitrogen and oxygen atoms in total. The molecule has 1 N–H and O–H groups in total. The van der Waals surface area contributed by atoms with Crippen LogP contribution in [0.4, 0.5) is 0 Å². The maximum atomic E-state index is 4.46. The zero-order chi connectivity index (χ0) is 13.8. The minimum atomic E-state index is 0.811. The van der Waals surface area contributed by atoms with E-state index in [1.165, 1.54) is 11.1 Å². The molecule has 0 radical (unpaired) electrons. The van der Waals surface area contributed by atoms with Gasteiger partial charge in [0.25, 0.3) is 0 Å². The lowest BCUT2D eigenvalue weighted by molar-refractivity contribution is 0.674. The van der Waals surface area contributed by atoms with Crippen molar-refractivity contribution in [1.82, 2.24) is 20.1 Å². The molecule has 0 bridgehead atoms. The smallest absolute Gasteiger partial charge is 0.148 e. The number of hydrogen-bond donors (Lipinski definition) is 1. The molecule has 19 heavy (non-hydrogen) atoms. The quantitative estimate of drug-likeness (QED) is 0.838. The largest absolute Gasteiger partial charge is 0.313 e. The van der Waals surface area contributed by atoms with Crippen molar-refractivity contribution in [3.63, 3.8) is 0 Å². The van der Waals surface area contributed by atoms with Gasteiger partial charge in [0, 0.05) is 6.54 Å². The maximum absolute atomic E-state index is 4.46. The molecule has 2 rings (SSSR count). The molecule has 0 aliphatic rings. The molecule has 0 aliphatic heterocycles. The number of aryl methyl sites for hydroxylation is 3. The van der Waals surface area contributed by atoms with E-state index in [0.29, 0.717) is 0 Å². The van der Waals surface area contributed by atoms with Crippen molar-refractivity contribution in [2.24, 2.45) is 0 Å². The number of benzene rings is 1. The van der Waals surface area contributed by atoms with Crippen LogP contribution in [0.15, 0.2) is 18.2 Å². The topological polar surface area (TPSA) is 42.7 Å². The van der Waals surface area contributed by atoms with E-state index >= 15 is 0 Å². The molecule has 1 aromatic carbocycles. The van der Waals surface area contributed by atoms with Gasteiger partial charge in [0.15, 0.2) is 0 Å². The molecular weight excluding hydrogens is 236 g/mol. The van der Waals surface area contributed by atoms with Gasteiger partial charge in [0.1, 0.15) is 11.6 Å². The predicted molar refractivity (Wildman–Crippen MR) is 77.6 cm³/mol. The summed E-state index contributed by atoms with van der Waals surface area (Å²) in [7, 11) is 0. The third kappa shape index (κ3) is 3.20. The Morgan fingerprint density at radius 3 is 2.63 bits per heavy atom. The molecule has 0 amide bonds. The zero-order valence-corrected chi connectivity index (χ0v) is 12.2. The Morgan fingerprint density at radius 1 is 1.21 bits per heavy atom. The van der Waals surface area contributed by atoms with E-state index < -0.39 is 0 Å². The number of rotatable bonds is 5. The van der Waals surface area contributed by atoms with Crippen LogP contribution in [0.1, 0.15) is 36.1 Å². The van der Waals surface area contributed by atoms with E-state index in [-0.39, 0.29) is 0 Å². The highest BCUT2D eigenvalue weighted by Crippen LogP contribution is 2.17. The van der Waals surface area contributed by atoms with Crippen molar-refractivity contribution in [2.45, 2.75) is 40.7 Å². The molecular formula is C15H22N4. The van der Waals surface area contributed by atoms with Crippen molar-refractivity contribution in [2.75, 3.05) is 6.54 Å². The number of aromatic nitrogens is 3. The summed E-state index contributed by atoms with van der Waals surface area (Å²) in [6, 6.07) is 6.51. The van der Waals surface area contributed by atoms with Gasteiger partial charge in [-0.25, -0.2) is 9.67 Å². The Labute approximate surface area is 114 Å². The number of nitrogens with one attached hydrogen (secondary N) is 1. The van der Waals surface area contributed by atoms with Gasteiger partial charge in [-0.3, -0.25) is 0 Å². The standard InChI is InChI=1S/C15H22N4/c1-5-8-16-10-14-7-6-11(2)15(9-14)19-13(4)17-12(3)18-19/h6-7,9,16H,5,8,10H2,1-4H3. The lowest BCUT2D eigenvalue weighted by atomic mass is 10.1. The fourth-order valence-electron chi connectivity index (χ4n) is 2.15. The lowest BCUT2D eigenvalue weighted by Gasteiger charge is -2.10. The molecule has 1 heterocycles. The van der Waals surface area contributed by atoms with Gasteiger partial charge in [0.05, 0.1) is 5.69 Å². The Hall–Kier alpha value is -1.68. The van der Waals surface area contributed by atoms with Gasteiger partial charge < -0.3 is 5.32 Å². The minimum absolute atomic E-state index is 0.811. The maximum Gasteiger partial charge on any atom is 0.148 e. The monoisotopic (exact) mass is 258 g/mol. The van der Waals surface area contributed by atoms with Crippen LogP contribution in [0.25, 0.3) is 5.69 Å². The molecule has 0 fully saturated rings. The molecule has 0 saturated carbocycles. The van der Waals surface area contributed by atoms with Crippen LogP contribution in [0.2, 0.25) is 0 Å². The predicted octanol–water partition coefficient (Wildman–Crippen LogP) is 2.69. The van der Waals surface area contributed by atoms with Crippen molar-refractivity contribution in [3.8, 4) is 5.69 Å². The fraction of sp³-hybridized carbons (Fsp3) is 0.467. The molecule has 1 aromatic heterocycles. The highest BCUT2D eigenvalue weighted by molar-refractivity contribution is 5.43. The summed E-state index contributed by atoms with van der Waals surface area (Å²) in [5.41, 5.74) is 3.61. The molecule has 2 aromatic rings. The summed E-state index contributed by atoms with van der Waals surface area (Å²) in [5.74, 6) is 1.74. The summed E-state index contributed by atoms with van der Waals surface area (Å²) >= 11 is 0. The highest BCUT2D eigenvalue weighted by Gasteiger charge is 2.08. The number of hydrogen-bond acceptors (Lipinski definition) is 3. The van der Waals surface area contributed by atoms with Gasteiger partial charge in [-0.2, -0.15) is 5.10 Å². The fourth-order valence-corrected chi connectivity index (χ4v) is 2.15. The van der Waals surface area contributed by atoms with Crippen LogP contribution in [0, 0.1) is 20.8 Å². The third-order valence-electron chi connectivity index (χ3n) is 3.13. The molecule has 0 atom stereocenters. The van der Waals surface area contributed by atoms with E-state index in [1.54, 1.807) is 0 Å². The van der Waals surface area contributed by atoms with E-state index in [1.807, 2.05) is 18.5 Å². The first-order valence-electron chi connectivity index (χ1n) is 6.82. The van der Waals surface area contributed by atoms with Gasteiger partial charge in [-0.05, 0) is 50.9 Å². The SMILES string of the molecule is CCCNCc1ccc(C)c(-n2nc(C)nc2C)c1. The van der Waals surface area contributed by atoms with E-state index in [9.17, 15) is 0 Å². The van der Waals surface area contributed by atoms with Gasteiger partial charge >= 0.3 is 0 Å². The van der Waals surface area contributed by atoms with Crippen LogP contribution < -0.4 is 5.32 Å².